The van der Waals surface area contributed by atoms with E-state index in [0.29, 0.717) is 41.8 Å². The van der Waals surface area contributed by atoms with Gasteiger partial charge in [0.05, 0.1) is 4.90 Å². The zero-order valence-electron chi connectivity index (χ0n) is 12.0. The third-order valence-electron chi connectivity index (χ3n) is 3.92. The highest BCUT2D eigenvalue weighted by Crippen LogP contribution is 2.27. The van der Waals surface area contributed by atoms with Crippen LogP contribution in [-0.4, -0.2) is 39.5 Å². The first-order valence-corrected chi connectivity index (χ1v) is 8.25. The van der Waals surface area contributed by atoms with E-state index in [4.69, 9.17) is 10.5 Å². The molecule has 1 aliphatic heterocycles. The van der Waals surface area contributed by atoms with Crippen LogP contribution in [0.4, 0.5) is 5.69 Å². The Balaban J connectivity index is 2.18. The van der Waals surface area contributed by atoms with E-state index in [-0.39, 0.29) is 0 Å². The maximum absolute atomic E-state index is 12.7. The number of piperidine rings is 1. The van der Waals surface area contributed by atoms with Crippen molar-refractivity contribution in [1.29, 1.82) is 0 Å². The van der Waals surface area contributed by atoms with Gasteiger partial charge in [-0.3, -0.25) is 0 Å². The second-order valence-corrected chi connectivity index (χ2v) is 7.18. The molecule has 0 saturated carbocycles. The molecule has 0 aliphatic carbocycles. The quantitative estimate of drug-likeness (QED) is 0.857. The fourth-order valence-corrected chi connectivity index (χ4v) is 4.33. The summed E-state index contributed by atoms with van der Waals surface area (Å²) in [5, 5.41) is 0. The zero-order valence-corrected chi connectivity index (χ0v) is 12.8. The standard InChI is InChI=1S/C14H22N2O3S/c1-11-13(15)4-3-5-14(11)20(17,18)16-8-6-12(7-9-16)10-19-2/h3-5,12H,6-10,15H2,1-2H3. The van der Waals surface area contributed by atoms with Crippen LogP contribution < -0.4 is 5.73 Å². The molecular formula is C14H22N2O3S. The number of nitrogen functional groups attached to an aromatic ring is 1. The lowest BCUT2D eigenvalue weighted by molar-refractivity contribution is 0.121. The number of methoxy groups -OCH3 is 1. The molecule has 1 aromatic rings. The van der Waals surface area contributed by atoms with Gasteiger partial charge in [0.2, 0.25) is 10.0 Å². The number of nitrogens with two attached hydrogens (primary N) is 1. The highest BCUT2D eigenvalue weighted by Gasteiger charge is 2.30. The van der Waals surface area contributed by atoms with Crippen LogP contribution in [0.1, 0.15) is 18.4 Å². The van der Waals surface area contributed by atoms with Crippen LogP contribution in [0.5, 0.6) is 0 Å². The number of nitrogens with zero attached hydrogens (tertiary/aromatic N) is 1. The van der Waals surface area contributed by atoms with Gasteiger partial charge in [-0.05, 0) is 43.4 Å². The Bertz CT molecular complexity index is 564. The smallest absolute Gasteiger partial charge is 0.243 e. The summed E-state index contributed by atoms with van der Waals surface area (Å²) < 4.78 is 32.0. The van der Waals surface area contributed by atoms with Crippen LogP contribution in [0.2, 0.25) is 0 Å². The van der Waals surface area contributed by atoms with E-state index in [1.165, 1.54) is 0 Å². The Kier molecular flexibility index (Phi) is 4.67. The molecule has 2 rings (SSSR count). The molecule has 0 radical (unpaired) electrons. The van der Waals surface area contributed by atoms with Crippen molar-refractivity contribution in [2.45, 2.75) is 24.7 Å². The molecule has 1 aromatic carbocycles. The van der Waals surface area contributed by atoms with Crippen LogP contribution in [0.3, 0.4) is 0 Å². The molecule has 1 saturated heterocycles. The fraction of sp³-hybridized carbons (Fsp3) is 0.571. The molecule has 20 heavy (non-hydrogen) atoms. The summed E-state index contributed by atoms with van der Waals surface area (Å²) in [5.41, 5.74) is 6.95. The van der Waals surface area contributed by atoms with Gasteiger partial charge in [-0.1, -0.05) is 6.07 Å². The Morgan fingerprint density at radius 3 is 2.60 bits per heavy atom. The van der Waals surface area contributed by atoms with E-state index in [1.54, 1.807) is 36.5 Å². The van der Waals surface area contributed by atoms with Crippen LogP contribution in [-0.2, 0) is 14.8 Å². The third kappa shape index (κ3) is 2.97. The van der Waals surface area contributed by atoms with Crippen LogP contribution >= 0.6 is 0 Å². The predicted molar refractivity (Wildman–Crippen MR) is 79.0 cm³/mol. The summed E-state index contributed by atoms with van der Waals surface area (Å²) >= 11 is 0. The summed E-state index contributed by atoms with van der Waals surface area (Å²) in [4.78, 5) is 0.322. The van der Waals surface area contributed by atoms with E-state index in [2.05, 4.69) is 0 Å². The third-order valence-corrected chi connectivity index (χ3v) is 5.96. The van der Waals surface area contributed by atoms with Gasteiger partial charge in [-0.25, -0.2) is 8.42 Å². The predicted octanol–water partition coefficient (Wildman–Crippen LogP) is 1.62. The molecule has 6 heteroatoms. The second kappa shape index (κ2) is 6.11. The molecule has 0 atom stereocenters. The van der Waals surface area contributed by atoms with Crippen molar-refractivity contribution >= 4 is 15.7 Å². The average Bonchev–Trinajstić information content (AvgIpc) is 2.42. The highest BCUT2D eigenvalue weighted by atomic mass is 32.2. The zero-order chi connectivity index (χ0) is 14.8. The van der Waals surface area contributed by atoms with Gasteiger partial charge in [0.25, 0.3) is 0 Å². The summed E-state index contributed by atoms with van der Waals surface area (Å²) in [6.45, 7) is 3.54. The second-order valence-electron chi connectivity index (χ2n) is 5.27. The molecule has 0 aromatic heterocycles. The molecule has 2 N–H and O–H groups in total. The van der Waals surface area contributed by atoms with Crippen molar-refractivity contribution in [3.8, 4) is 0 Å². The number of rotatable bonds is 4. The lowest BCUT2D eigenvalue weighted by Gasteiger charge is -2.31. The number of hydrogen-bond donors (Lipinski definition) is 1. The number of hydrogen-bond acceptors (Lipinski definition) is 4. The van der Waals surface area contributed by atoms with Crippen molar-refractivity contribution < 1.29 is 13.2 Å². The monoisotopic (exact) mass is 298 g/mol. The number of anilines is 1. The minimum absolute atomic E-state index is 0.322. The SMILES string of the molecule is COCC1CCN(S(=O)(=O)c2cccc(N)c2C)CC1. The van der Waals surface area contributed by atoms with Crippen molar-refractivity contribution in [2.75, 3.05) is 32.5 Å². The lowest BCUT2D eigenvalue weighted by Crippen LogP contribution is -2.39. The van der Waals surface area contributed by atoms with Crippen molar-refractivity contribution in [3.05, 3.63) is 23.8 Å². The summed E-state index contributed by atoms with van der Waals surface area (Å²) in [6.07, 6.45) is 1.68. The molecule has 5 nitrogen and oxygen atoms in total. The summed E-state index contributed by atoms with van der Waals surface area (Å²) in [7, 11) is -1.76. The van der Waals surface area contributed by atoms with Crippen molar-refractivity contribution in [2.24, 2.45) is 5.92 Å². The van der Waals surface area contributed by atoms with Crippen LogP contribution in [0, 0.1) is 12.8 Å². The Morgan fingerprint density at radius 2 is 2.00 bits per heavy atom. The molecule has 0 unspecified atom stereocenters. The van der Waals surface area contributed by atoms with E-state index in [0.717, 1.165) is 12.8 Å². The minimum Gasteiger partial charge on any atom is -0.398 e. The highest BCUT2D eigenvalue weighted by molar-refractivity contribution is 7.89. The summed E-state index contributed by atoms with van der Waals surface area (Å²) in [6, 6.07) is 5.04. The van der Waals surface area contributed by atoms with Gasteiger partial charge in [-0.15, -0.1) is 0 Å². The van der Waals surface area contributed by atoms with Crippen LogP contribution in [0.15, 0.2) is 23.1 Å². The minimum atomic E-state index is -3.44. The van der Waals surface area contributed by atoms with Gasteiger partial charge < -0.3 is 10.5 Å². The molecule has 112 valence electrons. The molecule has 0 bridgehead atoms. The number of sulfonamides is 1. The largest absolute Gasteiger partial charge is 0.398 e. The van der Waals surface area contributed by atoms with Gasteiger partial charge in [-0.2, -0.15) is 4.31 Å². The fourth-order valence-electron chi connectivity index (χ4n) is 2.60. The Hall–Kier alpha value is -1.11. The number of benzene rings is 1. The Labute approximate surface area is 120 Å². The van der Waals surface area contributed by atoms with Gasteiger partial charge in [0.1, 0.15) is 0 Å². The molecule has 1 fully saturated rings. The van der Waals surface area contributed by atoms with Crippen molar-refractivity contribution in [1.82, 2.24) is 4.31 Å². The van der Waals surface area contributed by atoms with E-state index in [1.807, 2.05) is 0 Å². The maximum Gasteiger partial charge on any atom is 0.243 e. The maximum atomic E-state index is 12.7. The van der Waals surface area contributed by atoms with E-state index in [9.17, 15) is 8.42 Å². The number of ether oxygens (including phenoxy) is 1. The lowest BCUT2D eigenvalue weighted by atomic mass is 9.99. The van der Waals surface area contributed by atoms with Crippen molar-refractivity contribution in [3.63, 3.8) is 0 Å². The van der Waals surface area contributed by atoms with Crippen LogP contribution in [0.25, 0.3) is 0 Å². The van der Waals surface area contributed by atoms with Gasteiger partial charge in [0, 0.05) is 32.5 Å². The first-order valence-electron chi connectivity index (χ1n) is 6.81. The average molecular weight is 298 g/mol. The van der Waals surface area contributed by atoms with Gasteiger partial charge in [0.15, 0.2) is 0 Å². The molecule has 1 heterocycles. The Morgan fingerprint density at radius 1 is 1.35 bits per heavy atom. The molecule has 0 spiro atoms. The topological polar surface area (TPSA) is 72.6 Å². The molecule has 1 aliphatic rings. The van der Waals surface area contributed by atoms with E-state index < -0.39 is 10.0 Å². The molecule has 0 amide bonds. The normalized spacial score (nSPS) is 18.3. The summed E-state index contributed by atoms with van der Waals surface area (Å²) in [5.74, 6) is 0.452. The first kappa shape index (κ1) is 15.3. The molecular weight excluding hydrogens is 276 g/mol. The van der Waals surface area contributed by atoms with E-state index >= 15 is 0 Å². The first-order chi connectivity index (χ1) is 9.46. The van der Waals surface area contributed by atoms with Gasteiger partial charge >= 0.3 is 0 Å².